The van der Waals surface area contributed by atoms with Gasteiger partial charge in [0.15, 0.2) is 0 Å². The summed E-state index contributed by atoms with van der Waals surface area (Å²) in [5, 5.41) is 20.9. The molecule has 7 heteroatoms. The third-order valence-corrected chi connectivity index (χ3v) is 3.33. The van der Waals surface area contributed by atoms with Gasteiger partial charge in [-0.25, -0.2) is 4.79 Å². The summed E-state index contributed by atoms with van der Waals surface area (Å²) in [5.41, 5.74) is 3.81. The second-order valence-electron chi connectivity index (χ2n) is 3.77. The van der Waals surface area contributed by atoms with Crippen LogP contribution in [0.15, 0.2) is 28.9 Å². The SMILES string of the molecule is O=C(O)NCC(NO)c1c[nH]c2cccc(Br)c12. The number of amides is 1. The van der Waals surface area contributed by atoms with Gasteiger partial charge in [0.05, 0.1) is 6.04 Å². The second kappa shape index (κ2) is 5.38. The van der Waals surface area contributed by atoms with Crippen LogP contribution in [-0.2, 0) is 0 Å². The molecule has 0 aliphatic carbocycles. The highest BCUT2D eigenvalue weighted by atomic mass is 79.9. The van der Waals surface area contributed by atoms with Crippen molar-refractivity contribution in [3.8, 4) is 0 Å². The summed E-state index contributed by atoms with van der Waals surface area (Å²) in [4.78, 5) is 13.6. The Hall–Kier alpha value is -1.57. The molecular weight excluding hydrogens is 302 g/mol. The van der Waals surface area contributed by atoms with Gasteiger partial charge in [-0.15, -0.1) is 0 Å². The van der Waals surface area contributed by atoms with Gasteiger partial charge in [-0.2, -0.15) is 5.48 Å². The molecule has 0 aliphatic heterocycles. The van der Waals surface area contributed by atoms with E-state index in [2.05, 4.69) is 31.7 Å². The Kier molecular flexibility index (Phi) is 3.85. The maximum Gasteiger partial charge on any atom is 0.404 e. The summed E-state index contributed by atoms with van der Waals surface area (Å²) in [7, 11) is 0. The van der Waals surface area contributed by atoms with Crippen LogP contribution in [0.3, 0.4) is 0 Å². The number of carboxylic acid groups (broad SMARTS) is 1. The first kappa shape index (κ1) is 12.9. The molecule has 1 aromatic heterocycles. The van der Waals surface area contributed by atoms with Crippen molar-refractivity contribution in [3.63, 3.8) is 0 Å². The van der Waals surface area contributed by atoms with E-state index in [1.54, 1.807) is 6.20 Å². The van der Waals surface area contributed by atoms with Crippen molar-refractivity contribution < 1.29 is 15.1 Å². The zero-order valence-electron chi connectivity index (χ0n) is 9.27. The molecule has 96 valence electrons. The molecule has 18 heavy (non-hydrogen) atoms. The molecule has 0 saturated heterocycles. The Labute approximate surface area is 111 Å². The molecule has 1 heterocycles. The lowest BCUT2D eigenvalue weighted by atomic mass is 10.1. The molecule has 1 unspecified atom stereocenters. The Balaban J connectivity index is 2.36. The molecule has 0 aliphatic rings. The molecule has 5 N–H and O–H groups in total. The first-order valence-electron chi connectivity index (χ1n) is 5.25. The molecule has 0 spiro atoms. The van der Waals surface area contributed by atoms with Gasteiger partial charge in [0.1, 0.15) is 0 Å². The zero-order valence-corrected chi connectivity index (χ0v) is 10.9. The van der Waals surface area contributed by atoms with E-state index in [0.717, 1.165) is 20.9 Å². The molecule has 0 bridgehead atoms. The number of aromatic amines is 1. The predicted octanol–water partition coefficient (Wildman–Crippen LogP) is 2.22. The maximum atomic E-state index is 10.5. The van der Waals surface area contributed by atoms with Crippen molar-refractivity contribution in [1.82, 2.24) is 15.8 Å². The standard InChI is InChI=1S/C11H12BrN3O3/c12-7-2-1-3-8-10(7)6(4-13-8)9(15-18)5-14-11(16)17/h1-4,9,13-15,18H,5H2,(H,16,17). The Morgan fingerprint density at radius 2 is 2.28 bits per heavy atom. The van der Waals surface area contributed by atoms with Gasteiger partial charge >= 0.3 is 6.09 Å². The molecule has 0 fully saturated rings. The van der Waals surface area contributed by atoms with Crippen LogP contribution in [0, 0.1) is 0 Å². The first-order valence-corrected chi connectivity index (χ1v) is 6.04. The van der Waals surface area contributed by atoms with E-state index in [9.17, 15) is 4.79 Å². The van der Waals surface area contributed by atoms with Crippen molar-refractivity contribution >= 4 is 32.9 Å². The summed E-state index contributed by atoms with van der Waals surface area (Å²) in [6, 6.07) is 5.17. The van der Waals surface area contributed by atoms with Gasteiger partial charge < -0.3 is 20.6 Å². The van der Waals surface area contributed by atoms with Crippen LogP contribution in [0.25, 0.3) is 10.9 Å². The lowest BCUT2D eigenvalue weighted by molar-refractivity contribution is 0.124. The zero-order chi connectivity index (χ0) is 13.1. The minimum atomic E-state index is -1.13. The molecule has 1 atom stereocenters. The summed E-state index contributed by atoms with van der Waals surface area (Å²) in [6.07, 6.45) is 0.612. The molecular formula is C11H12BrN3O3. The topological polar surface area (TPSA) is 97.4 Å². The number of aromatic nitrogens is 1. The number of nitrogens with one attached hydrogen (secondary N) is 3. The van der Waals surface area contributed by atoms with Crippen molar-refractivity contribution in [2.75, 3.05) is 6.54 Å². The third kappa shape index (κ3) is 2.47. The van der Waals surface area contributed by atoms with E-state index >= 15 is 0 Å². The largest absolute Gasteiger partial charge is 0.465 e. The Morgan fingerprint density at radius 1 is 1.50 bits per heavy atom. The quantitative estimate of drug-likeness (QED) is 0.559. The number of H-pyrrole nitrogens is 1. The summed E-state index contributed by atoms with van der Waals surface area (Å²) < 4.78 is 0.881. The molecule has 2 rings (SSSR count). The molecule has 0 radical (unpaired) electrons. The number of hydroxylamine groups is 1. The van der Waals surface area contributed by atoms with Crippen LogP contribution >= 0.6 is 15.9 Å². The normalized spacial score (nSPS) is 12.6. The van der Waals surface area contributed by atoms with Crippen molar-refractivity contribution in [3.05, 3.63) is 34.4 Å². The number of halogens is 1. The highest BCUT2D eigenvalue weighted by Gasteiger charge is 2.17. The van der Waals surface area contributed by atoms with E-state index in [4.69, 9.17) is 10.3 Å². The minimum absolute atomic E-state index is 0.0696. The van der Waals surface area contributed by atoms with Crippen LogP contribution in [0.4, 0.5) is 4.79 Å². The summed E-state index contributed by atoms with van der Waals surface area (Å²) in [6.45, 7) is 0.0696. The molecule has 0 saturated carbocycles. The summed E-state index contributed by atoms with van der Waals surface area (Å²) in [5.74, 6) is 0. The van der Waals surface area contributed by atoms with Crippen LogP contribution in [0.5, 0.6) is 0 Å². The van der Waals surface area contributed by atoms with Gasteiger partial charge in [0.2, 0.25) is 0 Å². The van der Waals surface area contributed by atoms with Crippen LogP contribution < -0.4 is 10.8 Å². The highest BCUT2D eigenvalue weighted by Crippen LogP contribution is 2.30. The first-order chi connectivity index (χ1) is 8.63. The molecule has 1 amide bonds. The lowest BCUT2D eigenvalue weighted by Crippen LogP contribution is -2.32. The fourth-order valence-corrected chi connectivity index (χ4v) is 2.45. The van der Waals surface area contributed by atoms with Gasteiger partial charge in [-0.1, -0.05) is 22.0 Å². The fraction of sp³-hybridized carbons (Fsp3) is 0.182. The number of hydrogen-bond acceptors (Lipinski definition) is 3. The Morgan fingerprint density at radius 3 is 2.94 bits per heavy atom. The van der Waals surface area contributed by atoms with Gasteiger partial charge in [-0.05, 0) is 17.7 Å². The van der Waals surface area contributed by atoms with Gasteiger partial charge in [0, 0.05) is 28.1 Å². The minimum Gasteiger partial charge on any atom is -0.465 e. The van der Waals surface area contributed by atoms with Crippen molar-refractivity contribution in [2.24, 2.45) is 0 Å². The van der Waals surface area contributed by atoms with E-state index in [0.29, 0.717) is 0 Å². The molecule has 1 aromatic carbocycles. The third-order valence-electron chi connectivity index (χ3n) is 2.67. The van der Waals surface area contributed by atoms with Gasteiger partial charge in [0.25, 0.3) is 0 Å². The number of fused-ring (bicyclic) bond motifs is 1. The number of rotatable bonds is 4. The van der Waals surface area contributed by atoms with Crippen LogP contribution in [0.2, 0.25) is 0 Å². The number of carbonyl (C=O) groups is 1. The van der Waals surface area contributed by atoms with Gasteiger partial charge in [-0.3, -0.25) is 0 Å². The maximum absolute atomic E-state index is 10.5. The van der Waals surface area contributed by atoms with Crippen LogP contribution in [-0.4, -0.2) is 27.9 Å². The Bertz CT molecular complexity index is 570. The fourth-order valence-electron chi connectivity index (χ4n) is 1.85. The highest BCUT2D eigenvalue weighted by molar-refractivity contribution is 9.10. The molecule has 6 nitrogen and oxygen atoms in total. The smallest absolute Gasteiger partial charge is 0.404 e. The van der Waals surface area contributed by atoms with E-state index in [1.165, 1.54) is 0 Å². The lowest BCUT2D eigenvalue weighted by Gasteiger charge is -2.14. The van der Waals surface area contributed by atoms with Crippen molar-refractivity contribution in [2.45, 2.75) is 6.04 Å². The summed E-state index contributed by atoms with van der Waals surface area (Å²) >= 11 is 3.44. The molecule has 2 aromatic rings. The van der Waals surface area contributed by atoms with Crippen LogP contribution in [0.1, 0.15) is 11.6 Å². The average Bonchev–Trinajstić information content (AvgIpc) is 2.75. The average molecular weight is 314 g/mol. The van der Waals surface area contributed by atoms with E-state index in [1.807, 2.05) is 18.2 Å². The van der Waals surface area contributed by atoms with E-state index in [-0.39, 0.29) is 6.54 Å². The van der Waals surface area contributed by atoms with Crippen molar-refractivity contribution in [1.29, 1.82) is 0 Å². The monoisotopic (exact) mass is 313 g/mol. The van der Waals surface area contributed by atoms with E-state index < -0.39 is 12.1 Å². The number of hydrogen-bond donors (Lipinski definition) is 5. The predicted molar refractivity (Wildman–Crippen MR) is 69.7 cm³/mol. The second-order valence-corrected chi connectivity index (χ2v) is 4.63. The number of benzene rings is 1.